The number of hydrogen-bond acceptors (Lipinski definition) is 6. The number of methoxy groups -OCH3 is 1. The second-order valence-electron chi connectivity index (χ2n) is 7.04. The van der Waals surface area contributed by atoms with Crippen molar-refractivity contribution in [2.75, 3.05) is 31.2 Å². The van der Waals surface area contributed by atoms with Crippen molar-refractivity contribution in [1.82, 2.24) is 4.90 Å². The van der Waals surface area contributed by atoms with Gasteiger partial charge in [-0.05, 0) is 36.8 Å². The third-order valence-electron chi connectivity index (χ3n) is 5.31. The third-order valence-corrected chi connectivity index (χ3v) is 6.47. The molecule has 0 aliphatic carbocycles. The molecular formula is C23H23N3O3S. The van der Waals surface area contributed by atoms with Crippen LogP contribution in [-0.4, -0.2) is 37.1 Å². The minimum atomic E-state index is -0.227. The molecule has 1 amide bonds. The van der Waals surface area contributed by atoms with Crippen molar-refractivity contribution in [3.8, 4) is 17.6 Å². The number of fused-ring (bicyclic) bond motifs is 1. The Morgan fingerprint density at radius 3 is 2.67 bits per heavy atom. The average Bonchev–Trinajstić information content (AvgIpc) is 2.79. The lowest BCUT2D eigenvalue weighted by Crippen LogP contribution is -2.47. The first-order chi connectivity index (χ1) is 14.7. The van der Waals surface area contributed by atoms with Crippen LogP contribution in [0, 0.1) is 11.3 Å². The zero-order valence-electron chi connectivity index (χ0n) is 17.0. The van der Waals surface area contributed by atoms with Crippen LogP contribution in [0.1, 0.15) is 24.8 Å². The number of allylic oxidation sites excluding steroid dienone is 1. The Hall–Kier alpha value is -3.11. The number of amides is 1. The van der Waals surface area contributed by atoms with Gasteiger partial charge in [-0.3, -0.25) is 9.69 Å². The first kappa shape index (κ1) is 20.2. The van der Waals surface area contributed by atoms with Crippen molar-refractivity contribution in [2.45, 2.75) is 19.3 Å². The molecule has 0 bridgehead atoms. The predicted octanol–water partition coefficient (Wildman–Crippen LogP) is 4.31. The predicted molar refractivity (Wildman–Crippen MR) is 117 cm³/mol. The van der Waals surface area contributed by atoms with Crippen LogP contribution in [0.25, 0.3) is 0 Å². The van der Waals surface area contributed by atoms with Gasteiger partial charge in [0.1, 0.15) is 11.5 Å². The lowest BCUT2D eigenvalue weighted by atomic mass is 9.86. The zero-order chi connectivity index (χ0) is 21.1. The molecule has 0 radical (unpaired) electrons. The third kappa shape index (κ3) is 3.71. The highest BCUT2D eigenvalue weighted by atomic mass is 32.2. The summed E-state index contributed by atoms with van der Waals surface area (Å²) in [7, 11) is 1.64. The fraction of sp³-hybridized carbons (Fsp3) is 0.304. The maximum atomic E-state index is 13.1. The number of rotatable bonds is 5. The van der Waals surface area contributed by atoms with E-state index in [0.29, 0.717) is 24.7 Å². The summed E-state index contributed by atoms with van der Waals surface area (Å²) in [6.07, 6.45) is 0.278. The van der Waals surface area contributed by atoms with Gasteiger partial charge < -0.3 is 14.4 Å². The van der Waals surface area contributed by atoms with Crippen molar-refractivity contribution < 1.29 is 14.3 Å². The molecule has 1 atom stereocenters. The average molecular weight is 422 g/mol. The molecule has 1 saturated heterocycles. The van der Waals surface area contributed by atoms with Crippen LogP contribution in [-0.2, 0) is 4.79 Å². The molecule has 0 spiro atoms. The zero-order valence-corrected chi connectivity index (χ0v) is 17.8. The summed E-state index contributed by atoms with van der Waals surface area (Å²) < 4.78 is 11.0. The lowest BCUT2D eigenvalue weighted by molar-refractivity contribution is -0.129. The number of para-hydroxylation sites is 2. The summed E-state index contributed by atoms with van der Waals surface area (Å²) >= 11 is 1.52. The molecule has 0 aromatic heterocycles. The summed E-state index contributed by atoms with van der Waals surface area (Å²) in [5.41, 5.74) is 2.55. The Balaban J connectivity index is 1.63. The normalized spacial score (nSPS) is 18.7. The molecule has 2 aliphatic heterocycles. The number of ether oxygens (including phenoxy) is 2. The first-order valence-corrected chi connectivity index (χ1v) is 10.8. The summed E-state index contributed by atoms with van der Waals surface area (Å²) in [6.45, 7) is 2.95. The fourth-order valence-electron chi connectivity index (χ4n) is 3.85. The Bertz CT molecular complexity index is 1010. The molecule has 0 unspecified atom stereocenters. The summed E-state index contributed by atoms with van der Waals surface area (Å²) in [5.74, 6) is 1.99. The quantitative estimate of drug-likeness (QED) is 0.717. The summed E-state index contributed by atoms with van der Waals surface area (Å²) in [4.78, 5) is 16.9. The van der Waals surface area contributed by atoms with E-state index in [2.05, 4.69) is 11.0 Å². The van der Waals surface area contributed by atoms with Crippen LogP contribution in [0.3, 0.4) is 0 Å². The molecule has 0 N–H and O–H groups in total. The number of anilines is 1. The second kappa shape index (κ2) is 8.72. The van der Waals surface area contributed by atoms with Crippen molar-refractivity contribution in [1.29, 1.82) is 5.26 Å². The molecule has 30 heavy (non-hydrogen) atoms. The largest absolute Gasteiger partial charge is 0.495 e. The molecule has 7 heteroatoms. The van der Waals surface area contributed by atoms with Crippen molar-refractivity contribution in [3.05, 3.63) is 64.7 Å². The highest BCUT2D eigenvalue weighted by Crippen LogP contribution is 2.44. The van der Waals surface area contributed by atoms with Gasteiger partial charge in [-0.2, -0.15) is 5.26 Å². The van der Waals surface area contributed by atoms with Crippen LogP contribution < -0.4 is 14.4 Å². The maximum Gasteiger partial charge on any atom is 0.229 e. The van der Waals surface area contributed by atoms with Crippen LogP contribution >= 0.6 is 11.8 Å². The maximum absolute atomic E-state index is 13.1. The van der Waals surface area contributed by atoms with Gasteiger partial charge in [-0.15, -0.1) is 0 Å². The Morgan fingerprint density at radius 1 is 1.20 bits per heavy atom. The molecule has 154 valence electrons. The summed E-state index contributed by atoms with van der Waals surface area (Å²) in [6, 6.07) is 17.8. The van der Waals surface area contributed by atoms with Gasteiger partial charge in [-0.1, -0.05) is 36.0 Å². The van der Waals surface area contributed by atoms with E-state index in [4.69, 9.17) is 9.47 Å². The van der Waals surface area contributed by atoms with E-state index in [9.17, 15) is 10.1 Å². The van der Waals surface area contributed by atoms with Gasteiger partial charge in [-0.25, -0.2) is 0 Å². The van der Waals surface area contributed by atoms with Gasteiger partial charge in [0.15, 0.2) is 0 Å². The van der Waals surface area contributed by atoms with Crippen molar-refractivity contribution >= 4 is 23.4 Å². The van der Waals surface area contributed by atoms with E-state index in [-0.39, 0.29) is 18.2 Å². The molecule has 2 heterocycles. The molecule has 1 fully saturated rings. The van der Waals surface area contributed by atoms with Gasteiger partial charge >= 0.3 is 0 Å². The van der Waals surface area contributed by atoms with E-state index in [1.807, 2.05) is 55.5 Å². The minimum Gasteiger partial charge on any atom is -0.495 e. The Labute approximate surface area is 180 Å². The van der Waals surface area contributed by atoms with Gasteiger partial charge in [0.05, 0.1) is 48.6 Å². The van der Waals surface area contributed by atoms with Crippen LogP contribution in [0.4, 0.5) is 5.69 Å². The standard InChI is InChI=1S/C23H23N3O3S/c1-3-29-17-10-8-16(9-11-17)18-12-22(27)26-14-25(15-30-23(26)19(18)13-24)20-6-4-5-7-21(20)28-2/h4-11,18H,3,12,14-15H2,1-2H3/t18-/m1/s1. The fourth-order valence-corrected chi connectivity index (χ4v) is 5.01. The van der Waals surface area contributed by atoms with E-state index < -0.39 is 0 Å². The Morgan fingerprint density at radius 2 is 1.97 bits per heavy atom. The molecular weight excluding hydrogens is 398 g/mol. The molecule has 2 aliphatic rings. The van der Waals surface area contributed by atoms with E-state index in [0.717, 1.165) is 27.8 Å². The van der Waals surface area contributed by atoms with E-state index >= 15 is 0 Å². The molecule has 2 aromatic carbocycles. The Kier molecular flexibility index (Phi) is 5.86. The first-order valence-electron chi connectivity index (χ1n) is 9.84. The lowest BCUT2D eigenvalue weighted by Gasteiger charge is -2.42. The molecule has 6 nitrogen and oxygen atoms in total. The van der Waals surface area contributed by atoms with Gasteiger partial charge in [0.2, 0.25) is 5.91 Å². The van der Waals surface area contributed by atoms with Gasteiger partial charge in [0, 0.05) is 12.3 Å². The summed E-state index contributed by atoms with van der Waals surface area (Å²) in [5, 5.41) is 10.7. The number of carbonyl (C=O) groups excluding carboxylic acids is 1. The van der Waals surface area contributed by atoms with Crippen molar-refractivity contribution in [2.24, 2.45) is 0 Å². The number of nitriles is 1. The number of nitrogens with zero attached hydrogens (tertiary/aromatic N) is 3. The number of hydrogen-bond donors (Lipinski definition) is 0. The van der Waals surface area contributed by atoms with E-state index in [1.165, 1.54) is 11.8 Å². The SMILES string of the molecule is CCOc1ccc([C@H]2CC(=O)N3CN(c4ccccc4OC)CSC3=C2C#N)cc1. The monoisotopic (exact) mass is 421 g/mol. The molecule has 0 saturated carbocycles. The highest BCUT2D eigenvalue weighted by Gasteiger charge is 2.38. The topological polar surface area (TPSA) is 65.8 Å². The molecule has 2 aromatic rings. The smallest absolute Gasteiger partial charge is 0.229 e. The van der Waals surface area contributed by atoms with E-state index in [1.54, 1.807) is 12.0 Å². The number of benzene rings is 2. The number of carbonyl (C=O) groups is 1. The van der Waals surface area contributed by atoms with Gasteiger partial charge in [0.25, 0.3) is 0 Å². The second-order valence-corrected chi connectivity index (χ2v) is 7.97. The minimum absolute atomic E-state index is 0.0231. The number of thioether (sulfide) groups is 1. The van der Waals surface area contributed by atoms with Crippen LogP contribution in [0.2, 0.25) is 0 Å². The molecule has 4 rings (SSSR count). The van der Waals surface area contributed by atoms with Crippen LogP contribution in [0.5, 0.6) is 11.5 Å². The van der Waals surface area contributed by atoms with Crippen LogP contribution in [0.15, 0.2) is 59.1 Å². The highest BCUT2D eigenvalue weighted by molar-refractivity contribution is 8.03. The van der Waals surface area contributed by atoms with Crippen molar-refractivity contribution in [3.63, 3.8) is 0 Å².